The van der Waals surface area contributed by atoms with Crippen molar-refractivity contribution in [3.05, 3.63) is 48.0 Å². The van der Waals surface area contributed by atoms with Gasteiger partial charge in [0.25, 0.3) is 0 Å². The third-order valence-electron chi connectivity index (χ3n) is 5.29. The van der Waals surface area contributed by atoms with Gasteiger partial charge in [0, 0.05) is 56.6 Å². The van der Waals surface area contributed by atoms with Crippen molar-refractivity contribution in [1.29, 1.82) is 0 Å². The number of hydrogen-bond donors (Lipinski definition) is 2. The van der Waals surface area contributed by atoms with E-state index in [1.807, 2.05) is 30.3 Å². The van der Waals surface area contributed by atoms with Gasteiger partial charge in [0.1, 0.15) is 17.2 Å². The van der Waals surface area contributed by atoms with Gasteiger partial charge in [0.05, 0.1) is 21.3 Å². The van der Waals surface area contributed by atoms with Crippen molar-refractivity contribution < 1.29 is 14.2 Å². The molecule has 1 aliphatic rings. The van der Waals surface area contributed by atoms with Crippen molar-refractivity contribution in [2.24, 2.45) is 4.99 Å². The molecule has 1 heterocycles. The molecule has 1 atom stereocenters. The standard InChI is InChI=1S/C23H32N4O3/c1-24-23(25-10-8-17-6-5-7-20(12-17)28-2)26-18-9-11-27(16-18)19-13-21(29-3)15-22(14-19)30-4/h5-7,12-15,18H,8-11,16H2,1-4H3,(H2,24,25,26). The van der Waals surface area contributed by atoms with Gasteiger partial charge in [-0.25, -0.2) is 0 Å². The van der Waals surface area contributed by atoms with Crippen LogP contribution in [0, 0.1) is 0 Å². The molecule has 0 saturated carbocycles. The summed E-state index contributed by atoms with van der Waals surface area (Å²) in [6.07, 6.45) is 1.94. The van der Waals surface area contributed by atoms with Gasteiger partial charge in [-0.1, -0.05) is 12.1 Å². The number of guanidine groups is 1. The maximum absolute atomic E-state index is 5.40. The Balaban J connectivity index is 1.51. The van der Waals surface area contributed by atoms with E-state index in [1.165, 1.54) is 5.56 Å². The number of nitrogens with one attached hydrogen (secondary N) is 2. The first-order valence-corrected chi connectivity index (χ1v) is 10.2. The molecule has 2 aromatic rings. The van der Waals surface area contributed by atoms with Crippen LogP contribution in [-0.4, -0.2) is 60.0 Å². The van der Waals surface area contributed by atoms with Gasteiger partial charge < -0.3 is 29.7 Å². The lowest BCUT2D eigenvalue weighted by Gasteiger charge is -2.21. The molecule has 0 aliphatic carbocycles. The summed E-state index contributed by atoms with van der Waals surface area (Å²) in [5.41, 5.74) is 2.34. The third kappa shape index (κ3) is 5.72. The van der Waals surface area contributed by atoms with E-state index in [9.17, 15) is 0 Å². The van der Waals surface area contributed by atoms with Gasteiger partial charge in [-0.05, 0) is 30.5 Å². The fourth-order valence-corrected chi connectivity index (χ4v) is 3.63. The molecule has 0 aromatic heterocycles. The summed E-state index contributed by atoms with van der Waals surface area (Å²) in [6, 6.07) is 14.5. The molecule has 1 saturated heterocycles. The second-order valence-electron chi connectivity index (χ2n) is 7.25. The van der Waals surface area contributed by atoms with Crippen LogP contribution in [0.4, 0.5) is 5.69 Å². The van der Waals surface area contributed by atoms with E-state index in [0.717, 1.165) is 61.4 Å². The first kappa shape index (κ1) is 21.6. The molecule has 0 bridgehead atoms. The summed E-state index contributed by atoms with van der Waals surface area (Å²) in [6.45, 7) is 2.66. The highest BCUT2D eigenvalue weighted by atomic mass is 16.5. The number of benzene rings is 2. The highest BCUT2D eigenvalue weighted by Gasteiger charge is 2.24. The van der Waals surface area contributed by atoms with Crippen LogP contribution in [0.1, 0.15) is 12.0 Å². The summed E-state index contributed by atoms with van der Waals surface area (Å²) in [4.78, 5) is 6.72. The Hall–Kier alpha value is -3.09. The Labute approximate surface area is 179 Å². The van der Waals surface area contributed by atoms with E-state index in [0.29, 0.717) is 6.04 Å². The molecule has 2 N–H and O–H groups in total. The average molecular weight is 413 g/mol. The van der Waals surface area contributed by atoms with Crippen molar-refractivity contribution >= 4 is 11.6 Å². The number of hydrogen-bond acceptors (Lipinski definition) is 5. The molecule has 0 radical (unpaired) electrons. The Bertz CT molecular complexity index is 834. The van der Waals surface area contributed by atoms with Gasteiger partial charge in [-0.3, -0.25) is 4.99 Å². The predicted octanol–water partition coefficient (Wildman–Crippen LogP) is 2.70. The van der Waals surface area contributed by atoms with Crippen LogP contribution >= 0.6 is 0 Å². The predicted molar refractivity (Wildman–Crippen MR) is 121 cm³/mol. The van der Waals surface area contributed by atoms with Crippen LogP contribution in [-0.2, 0) is 6.42 Å². The zero-order valence-corrected chi connectivity index (χ0v) is 18.3. The van der Waals surface area contributed by atoms with E-state index >= 15 is 0 Å². The largest absolute Gasteiger partial charge is 0.497 e. The summed E-state index contributed by atoms with van der Waals surface area (Å²) in [7, 11) is 6.85. The fraction of sp³-hybridized carbons (Fsp3) is 0.435. The average Bonchev–Trinajstić information content (AvgIpc) is 3.26. The van der Waals surface area contributed by atoms with Crippen LogP contribution in [0.5, 0.6) is 17.2 Å². The Morgan fingerprint density at radius 2 is 1.77 bits per heavy atom. The smallest absolute Gasteiger partial charge is 0.191 e. The zero-order chi connectivity index (χ0) is 21.3. The lowest BCUT2D eigenvalue weighted by atomic mass is 10.1. The van der Waals surface area contributed by atoms with Gasteiger partial charge >= 0.3 is 0 Å². The summed E-state index contributed by atoms with van der Waals surface area (Å²) in [5.74, 6) is 3.31. The molecule has 2 aromatic carbocycles. The number of aliphatic imine (C=N–C) groups is 1. The number of nitrogens with zero attached hydrogens (tertiary/aromatic N) is 2. The highest BCUT2D eigenvalue weighted by Crippen LogP contribution is 2.30. The lowest BCUT2D eigenvalue weighted by molar-refractivity contribution is 0.394. The van der Waals surface area contributed by atoms with Crippen LogP contribution in [0.3, 0.4) is 0 Å². The fourth-order valence-electron chi connectivity index (χ4n) is 3.63. The van der Waals surface area contributed by atoms with Crippen LogP contribution < -0.4 is 29.7 Å². The van der Waals surface area contributed by atoms with Crippen LogP contribution in [0.25, 0.3) is 0 Å². The summed E-state index contributed by atoms with van der Waals surface area (Å²) in [5, 5.41) is 6.95. The molecule has 1 aliphatic heterocycles. The van der Waals surface area contributed by atoms with Crippen molar-refractivity contribution in [2.45, 2.75) is 18.9 Å². The molecule has 1 unspecified atom stereocenters. The SMILES string of the molecule is CN=C(NCCc1cccc(OC)c1)NC1CCN(c2cc(OC)cc(OC)c2)C1. The number of rotatable bonds is 8. The van der Waals surface area contributed by atoms with E-state index in [4.69, 9.17) is 14.2 Å². The van der Waals surface area contributed by atoms with Gasteiger partial charge in [-0.2, -0.15) is 0 Å². The monoisotopic (exact) mass is 412 g/mol. The van der Waals surface area contributed by atoms with Gasteiger partial charge in [-0.15, -0.1) is 0 Å². The first-order chi connectivity index (χ1) is 14.6. The Kier molecular flexibility index (Phi) is 7.65. The van der Waals surface area contributed by atoms with Crippen molar-refractivity contribution in [1.82, 2.24) is 10.6 Å². The minimum atomic E-state index is 0.324. The molecule has 7 nitrogen and oxygen atoms in total. The van der Waals surface area contributed by atoms with E-state index in [-0.39, 0.29) is 0 Å². The van der Waals surface area contributed by atoms with E-state index in [2.05, 4.69) is 32.7 Å². The molecule has 162 valence electrons. The van der Waals surface area contributed by atoms with Crippen molar-refractivity contribution in [3.63, 3.8) is 0 Å². The normalized spacial score (nSPS) is 16.3. The van der Waals surface area contributed by atoms with Crippen molar-refractivity contribution in [3.8, 4) is 17.2 Å². The Morgan fingerprint density at radius 1 is 1.03 bits per heavy atom. The van der Waals surface area contributed by atoms with Crippen LogP contribution in [0.15, 0.2) is 47.5 Å². The second-order valence-corrected chi connectivity index (χ2v) is 7.25. The number of anilines is 1. The number of methoxy groups -OCH3 is 3. The van der Waals surface area contributed by atoms with Crippen molar-refractivity contribution in [2.75, 3.05) is 52.9 Å². The highest BCUT2D eigenvalue weighted by molar-refractivity contribution is 5.80. The molecule has 0 spiro atoms. The molecule has 30 heavy (non-hydrogen) atoms. The quantitative estimate of drug-likeness (QED) is 0.513. The molecular formula is C23H32N4O3. The van der Waals surface area contributed by atoms with Gasteiger partial charge in [0.15, 0.2) is 5.96 Å². The first-order valence-electron chi connectivity index (χ1n) is 10.2. The summed E-state index contributed by atoms with van der Waals surface area (Å²) < 4.78 is 16.1. The minimum Gasteiger partial charge on any atom is -0.497 e. The van der Waals surface area contributed by atoms with E-state index in [1.54, 1.807) is 28.4 Å². The zero-order valence-electron chi connectivity index (χ0n) is 18.3. The molecule has 0 amide bonds. The van der Waals surface area contributed by atoms with Crippen LogP contribution in [0.2, 0.25) is 0 Å². The van der Waals surface area contributed by atoms with Gasteiger partial charge in [0.2, 0.25) is 0 Å². The topological polar surface area (TPSA) is 67.4 Å². The molecule has 7 heteroatoms. The molecule has 3 rings (SSSR count). The maximum Gasteiger partial charge on any atom is 0.191 e. The minimum absolute atomic E-state index is 0.324. The lowest BCUT2D eigenvalue weighted by Crippen LogP contribution is -2.45. The molecule has 1 fully saturated rings. The second kappa shape index (κ2) is 10.6. The van der Waals surface area contributed by atoms with E-state index < -0.39 is 0 Å². The molecular weight excluding hydrogens is 380 g/mol. The maximum atomic E-state index is 5.40. The summed E-state index contributed by atoms with van der Waals surface area (Å²) >= 11 is 0. The number of ether oxygens (including phenoxy) is 3. The Morgan fingerprint density at radius 3 is 2.43 bits per heavy atom. The third-order valence-corrected chi connectivity index (χ3v) is 5.29.